The van der Waals surface area contributed by atoms with Gasteiger partial charge in [-0.05, 0) is 0 Å². The van der Waals surface area contributed by atoms with Crippen molar-refractivity contribution in [2.24, 2.45) is 0 Å². The van der Waals surface area contributed by atoms with E-state index < -0.39 is 0 Å². The van der Waals surface area contributed by atoms with E-state index in [9.17, 15) is 0 Å². The molecule has 0 aromatic heterocycles. The molecule has 9 heavy (non-hydrogen) atoms. The Hall–Kier alpha value is -0.380. The predicted octanol–water partition coefficient (Wildman–Crippen LogP) is 1.07. The lowest BCUT2D eigenvalue weighted by molar-refractivity contribution is -0.268. The fraction of sp³-hybridized carbons (Fsp3) is 0.667. The van der Waals surface area contributed by atoms with Gasteiger partial charge in [0.1, 0.15) is 6.10 Å². The SMILES string of the molecule is C=CC(CCOC)OO. The van der Waals surface area contributed by atoms with Crippen molar-refractivity contribution in [1.29, 1.82) is 0 Å². The van der Waals surface area contributed by atoms with E-state index in [1.165, 1.54) is 6.08 Å². The molecule has 3 nitrogen and oxygen atoms in total. The average Bonchev–Trinajstić information content (AvgIpc) is 1.91. The first-order chi connectivity index (χ1) is 4.35. The predicted molar refractivity (Wildman–Crippen MR) is 34.2 cm³/mol. The van der Waals surface area contributed by atoms with Crippen LogP contribution in [0.15, 0.2) is 12.7 Å². The third-order valence-electron chi connectivity index (χ3n) is 1.00. The lowest BCUT2D eigenvalue weighted by Crippen LogP contribution is -2.09. The number of rotatable bonds is 5. The first-order valence-electron chi connectivity index (χ1n) is 2.77. The molecular weight excluding hydrogens is 120 g/mol. The zero-order valence-corrected chi connectivity index (χ0v) is 5.54. The van der Waals surface area contributed by atoms with Gasteiger partial charge in [0, 0.05) is 20.1 Å². The van der Waals surface area contributed by atoms with Crippen LogP contribution in [0, 0.1) is 0 Å². The van der Waals surface area contributed by atoms with Gasteiger partial charge in [-0.15, -0.1) is 6.58 Å². The minimum atomic E-state index is -0.301. The Labute approximate surface area is 54.8 Å². The molecule has 54 valence electrons. The Morgan fingerprint density at radius 1 is 1.78 bits per heavy atom. The van der Waals surface area contributed by atoms with Crippen LogP contribution in [0.2, 0.25) is 0 Å². The monoisotopic (exact) mass is 132 g/mol. The Kier molecular flexibility index (Phi) is 5.51. The van der Waals surface area contributed by atoms with Crippen LogP contribution in [0.5, 0.6) is 0 Å². The highest BCUT2D eigenvalue weighted by atomic mass is 17.1. The maximum Gasteiger partial charge on any atom is 0.113 e. The van der Waals surface area contributed by atoms with Gasteiger partial charge >= 0.3 is 0 Å². The number of methoxy groups -OCH3 is 1. The first-order valence-corrected chi connectivity index (χ1v) is 2.77. The topological polar surface area (TPSA) is 38.7 Å². The molecule has 1 N–H and O–H groups in total. The molecule has 0 heterocycles. The van der Waals surface area contributed by atoms with Crippen LogP contribution in [0.1, 0.15) is 6.42 Å². The van der Waals surface area contributed by atoms with Crippen LogP contribution >= 0.6 is 0 Å². The van der Waals surface area contributed by atoms with Crippen molar-refractivity contribution in [2.75, 3.05) is 13.7 Å². The van der Waals surface area contributed by atoms with Crippen LogP contribution in [-0.2, 0) is 9.62 Å². The van der Waals surface area contributed by atoms with Crippen LogP contribution < -0.4 is 0 Å². The lowest BCUT2D eigenvalue weighted by atomic mass is 10.3. The zero-order chi connectivity index (χ0) is 7.11. The first kappa shape index (κ1) is 8.62. The highest BCUT2D eigenvalue weighted by molar-refractivity contribution is 4.78. The molecule has 0 spiro atoms. The van der Waals surface area contributed by atoms with Gasteiger partial charge in [-0.1, -0.05) is 6.08 Å². The second kappa shape index (κ2) is 5.75. The minimum Gasteiger partial charge on any atom is -0.385 e. The van der Waals surface area contributed by atoms with Crippen molar-refractivity contribution >= 4 is 0 Å². The Morgan fingerprint density at radius 3 is 2.78 bits per heavy atom. The largest absolute Gasteiger partial charge is 0.385 e. The molecule has 0 aromatic carbocycles. The van der Waals surface area contributed by atoms with Crippen molar-refractivity contribution in [1.82, 2.24) is 0 Å². The van der Waals surface area contributed by atoms with Crippen LogP contribution in [-0.4, -0.2) is 25.1 Å². The Balaban J connectivity index is 3.20. The van der Waals surface area contributed by atoms with Crippen molar-refractivity contribution in [3.8, 4) is 0 Å². The summed E-state index contributed by atoms with van der Waals surface area (Å²) in [6.07, 6.45) is 1.86. The second-order valence-corrected chi connectivity index (χ2v) is 1.66. The summed E-state index contributed by atoms with van der Waals surface area (Å²) in [5.74, 6) is 0. The van der Waals surface area contributed by atoms with Crippen molar-refractivity contribution < 1.29 is 14.9 Å². The zero-order valence-electron chi connectivity index (χ0n) is 5.54. The molecule has 0 rings (SSSR count). The van der Waals surface area contributed by atoms with Gasteiger partial charge in [0.05, 0.1) is 0 Å². The smallest absolute Gasteiger partial charge is 0.113 e. The van der Waals surface area contributed by atoms with Crippen molar-refractivity contribution in [2.45, 2.75) is 12.5 Å². The molecule has 0 saturated carbocycles. The van der Waals surface area contributed by atoms with E-state index in [0.717, 1.165) is 0 Å². The van der Waals surface area contributed by atoms with Crippen molar-refractivity contribution in [3.05, 3.63) is 12.7 Å². The molecular formula is C6H12O3. The standard InChI is InChI=1S/C6H12O3/c1-3-6(9-7)4-5-8-2/h3,6-7H,1,4-5H2,2H3. The van der Waals surface area contributed by atoms with E-state index in [1.807, 2.05) is 0 Å². The Bertz CT molecular complexity index is 72.7. The van der Waals surface area contributed by atoms with Gasteiger partial charge in [-0.25, -0.2) is 4.89 Å². The van der Waals surface area contributed by atoms with E-state index >= 15 is 0 Å². The fourth-order valence-electron chi connectivity index (χ4n) is 0.448. The molecule has 1 unspecified atom stereocenters. The number of ether oxygens (including phenoxy) is 1. The van der Waals surface area contributed by atoms with Gasteiger partial charge in [0.25, 0.3) is 0 Å². The summed E-state index contributed by atoms with van der Waals surface area (Å²) in [5, 5.41) is 8.13. The summed E-state index contributed by atoms with van der Waals surface area (Å²) < 4.78 is 4.74. The van der Waals surface area contributed by atoms with Crippen molar-refractivity contribution in [3.63, 3.8) is 0 Å². The second-order valence-electron chi connectivity index (χ2n) is 1.66. The van der Waals surface area contributed by atoms with Gasteiger partial charge in [-0.2, -0.15) is 0 Å². The Morgan fingerprint density at radius 2 is 2.44 bits per heavy atom. The van der Waals surface area contributed by atoms with Gasteiger partial charge in [0.15, 0.2) is 0 Å². The fourth-order valence-corrected chi connectivity index (χ4v) is 0.448. The molecule has 0 bridgehead atoms. The third kappa shape index (κ3) is 4.14. The quantitative estimate of drug-likeness (QED) is 0.345. The maximum absolute atomic E-state index is 8.13. The van der Waals surface area contributed by atoms with Gasteiger partial charge < -0.3 is 4.74 Å². The normalized spacial score (nSPS) is 13.1. The minimum absolute atomic E-state index is 0.301. The average molecular weight is 132 g/mol. The van der Waals surface area contributed by atoms with E-state index in [4.69, 9.17) is 9.99 Å². The summed E-state index contributed by atoms with van der Waals surface area (Å²) in [7, 11) is 1.59. The summed E-state index contributed by atoms with van der Waals surface area (Å²) in [5.41, 5.74) is 0. The summed E-state index contributed by atoms with van der Waals surface area (Å²) in [6.45, 7) is 4.01. The summed E-state index contributed by atoms with van der Waals surface area (Å²) in [6, 6.07) is 0. The van der Waals surface area contributed by atoms with Crippen LogP contribution in [0.4, 0.5) is 0 Å². The van der Waals surface area contributed by atoms with E-state index in [0.29, 0.717) is 13.0 Å². The lowest BCUT2D eigenvalue weighted by Gasteiger charge is -2.05. The van der Waals surface area contributed by atoms with Crippen LogP contribution in [0.25, 0.3) is 0 Å². The molecule has 0 aromatic rings. The summed E-state index contributed by atoms with van der Waals surface area (Å²) in [4.78, 5) is 4.00. The molecule has 0 amide bonds. The third-order valence-corrected chi connectivity index (χ3v) is 1.00. The van der Waals surface area contributed by atoms with Crippen LogP contribution in [0.3, 0.4) is 0 Å². The van der Waals surface area contributed by atoms with E-state index in [-0.39, 0.29) is 6.10 Å². The molecule has 0 aliphatic rings. The molecule has 0 saturated heterocycles. The van der Waals surface area contributed by atoms with Gasteiger partial charge in [-0.3, -0.25) is 5.26 Å². The highest BCUT2D eigenvalue weighted by Gasteiger charge is 2.00. The summed E-state index contributed by atoms with van der Waals surface area (Å²) >= 11 is 0. The number of hydrogen-bond acceptors (Lipinski definition) is 3. The van der Waals surface area contributed by atoms with Gasteiger partial charge in [0.2, 0.25) is 0 Å². The molecule has 1 atom stereocenters. The molecule has 0 radical (unpaired) electrons. The van der Waals surface area contributed by atoms with E-state index in [1.54, 1.807) is 7.11 Å². The molecule has 0 fully saturated rings. The molecule has 0 aliphatic carbocycles. The highest BCUT2D eigenvalue weighted by Crippen LogP contribution is 1.96. The maximum atomic E-state index is 8.13. The van der Waals surface area contributed by atoms with E-state index in [2.05, 4.69) is 11.5 Å². The molecule has 3 heteroatoms. The number of hydrogen-bond donors (Lipinski definition) is 1. The molecule has 0 aliphatic heterocycles.